The number of nitrogens with one attached hydrogen (secondary N) is 1. The third-order valence-corrected chi connectivity index (χ3v) is 3.96. The molecule has 0 spiro atoms. The molecular formula is C18H31NO. The smallest absolute Gasteiger partial charge is 0.118 e. The molecule has 1 unspecified atom stereocenters. The topological polar surface area (TPSA) is 21.3 Å². The van der Waals surface area contributed by atoms with Crippen LogP contribution in [-0.4, -0.2) is 13.7 Å². The fraction of sp³-hybridized carbons (Fsp3) is 0.667. The maximum Gasteiger partial charge on any atom is 0.118 e. The maximum absolute atomic E-state index is 5.20. The van der Waals surface area contributed by atoms with Gasteiger partial charge in [-0.2, -0.15) is 0 Å². The molecule has 0 bridgehead atoms. The molecule has 0 saturated heterocycles. The minimum atomic E-state index is 0.371. The van der Waals surface area contributed by atoms with Crippen molar-refractivity contribution in [3.8, 4) is 5.75 Å². The van der Waals surface area contributed by atoms with Crippen molar-refractivity contribution in [1.29, 1.82) is 0 Å². The van der Waals surface area contributed by atoms with Crippen LogP contribution in [0.1, 0.15) is 65.0 Å². The van der Waals surface area contributed by atoms with Crippen LogP contribution in [0.25, 0.3) is 0 Å². The minimum Gasteiger partial charge on any atom is -0.497 e. The summed E-state index contributed by atoms with van der Waals surface area (Å²) in [6.07, 6.45) is 5.27. The van der Waals surface area contributed by atoms with E-state index >= 15 is 0 Å². The van der Waals surface area contributed by atoms with Crippen LogP contribution in [0.4, 0.5) is 0 Å². The van der Waals surface area contributed by atoms with Gasteiger partial charge in [-0.05, 0) is 36.5 Å². The Morgan fingerprint density at radius 2 is 1.80 bits per heavy atom. The van der Waals surface area contributed by atoms with Gasteiger partial charge in [-0.1, -0.05) is 52.2 Å². The van der Waals surface area contributed by atoms with E-state index in [-0.39, 0.29) is 0 Å². The largest absolute Gasteiger partial charge is 0.497 e. The Morgan fingerprint density at radius 1 is 1.15 bits per heavy atom. The molecule has 114 valence electrons. The van der Waals surface area contributed by atoms with Crippen LogP contribution in [-0.2, 0) is 0 Å². The molecule has 1 N–H and O–H groups in total. The van der Waals surface area contributed by atoms with Gasteiger partial charge in [0, 0.05) is 12.6 Å². The highest BCUT2D eigenvalue weighted by Crippen LogP contribution is 2.24. The van der Waals surface area contributed by atoms with Crippen molar-refractivity contribution in [2.24, 2.45) is 5.41 Å². The van der Waals surface area contributed by atoms with Crippen molar-refractivity contribution < 1.29 is 4.74 Å². The van der Waals surface area contributed by atoms with Gasteiger partial charge in [0.05, 0.1) is 7.11 Å². The quantitative estimate of drug-likeness (QED) is 0.645. The van der Waals surface area contributed by atoms with E-state index in [1.54, 1.807) is 7.11 Å². The second-order valence-corrected chi connectivity index (χ2v) is 6.50. The molecule has 1 aromatic rings. The molecule has 1 aromatic carbocycles. The number of hydrogen-bond acceptors (Lipinski definition) is 2. The summed E-state index contributed by atoms with van der Waals surface area (Å²) in [5.41, 5.74) is 1.69. The molecule has 0 aliphatic rings. The number of benzene rings is 1. The molecule has 0 aliphatic heterocycles. The first-order chi connectivity index (χ1) is 9.48. The molecule has 1 rings (SSSR count). The van der Waals surface area contributed by atoms with Gasteiger partial charge >= 0.3 is 0 Å². The molecule has 0 aliphatic carbocycles. The SMILES string of the molecule is CCCCCC(C)(C)CNC(C)c1ccc(OC)cc1. The predicted octanol–water partition coefficient (Wildman–Crippen LogP) is 4.95. The highest BCUT2D eigenvalue weighted by atomic mass is 16.5. The van der Waals surface area contributed by atoms with E-state index in [2.05, 4.69) is 45.1 Å². The highest BCUT2D eigenvalue weighted by molar-refractivity contribution is 5.28. The first-order valence-electron chi connectivity index (χ1n) is 7.86. The van der Waals surface area contributed by atoms with Crippen molar-refractivity contribution in [3.63, 3.8) is 0 Å². The zero-order chi connectivity index (χ0) is 15.0. The van der Waals surface area contributed by atoms with E-state index in [4.69, 9.17) is 4.74 Å². The normalized spacial score (nSPS) is 13.2. The van der Waals surface area contributed by atoms with Crippen molar-refractivity contribution in [2.45, 2.75) is 59.4 Å². The van der Waals surface area contributed by atoms with Crippen molar-refractivity contribution in [1.82, 2.24) is 5.32 Å². The second kappa shape index (κ2) is 8.31. The van der Waals surface area contributed by atoms with Crippen molar-refractivity contribution >= 4 is 0 Å². The number of hydrogen-bond donors (Lipinski definition) is 1. The van der Waals surface area contributed by atoms with Gasteiger partial charge in [0.25, 0.3) is 0 Å². The third kappa shape index (κ3) is 5.96. The Hall–Kier alpha value is -1.02. The fourth-order valence-corrected chi connectivity index (χ4v) is 2.38. The van der Waals surface area contributed by atoms with E-state index in [9.17, 15) is 0 Å². The lowest BCUT2D eigenvalue weighted by Crippen LogP contribution is -2.31. The summed E-state index contributed by atoms with van der Waals surface area (Å²) in [7, 11) is 1.70. The zero-order valence-corrected chi connectivity index (χ0v) is 13.8. The number of rotatable bonds is 9. The van der Waals surface area contributed by atoms with Gasteiger partial charge in [-0.3, -0.25) is 0 Å². The molecule has 1 atom stereocenters. The van der Waals surface area contributed by atoms with E-state index in [0.717, 1.165) is 12.3 Å². The van der Waals surface area contributed by atoms with Gasteiger partial charge in [0.2, 0.25) is 0 Å². The number of ether oxygens (including phenoxy) is 1. The Balaban J connectivity index is 2.42. The maximum atomic E-state index is 5.20. The Bertz CT molecular complexity index is 370. The Labute approximate surface area is 124 Å². The lowest BCUT2D eigenvalue weighted by atomic mass is 9.86. The third-order valence-electron chi connectivity index (χ3n) is 3.96. The van der Waals surface area contributed by atoms with Crippen molar-refractivity contribution in [2.75, 3.05) is 13.7 Å². The second-order valence-electron chi connectivity index (χ2n) is 6.50. The van der Waals surface area contributed by atoms with Crippen LogP contribution in [0.5, 0.6) is 5.75 Å². The summed E-state index contributed by atoms with van der Waals surface area (Å²) in [6, 6.07) is 8.72. The number of methoxy groups -OCH3 is 1. The molecule has 2 nitrogen and oxygen atoms in total. The number of unbranched alkanes of at least 4 members (excludes halogenated alkanes) is 2. The summed E-state index contributed by atoms with van der Waals surface area (Å²) in [5, 5.41) is 3.66. The standard InChI is InChI=1S/C18H31NO/c1-6-7-8-13-18(3,4)14-19-15(2)16-9-11-17(20-5)12-10-16/h9-12,15,19H,6-8,13-14H2,1-5H3. The van der Waals surface area contributed by atoms with Crippen LogP contribution in [0.3, 0.4) is 0 Å². The Kier molecular flexibility index (Phi) is 7.08. The molecule has 0 radical (unpaired) electrons. The van der Waals surface area contributed by atoms with E-state index in [1.807, 2.05) is 12.1 Å². The van der Waals surface area contributed by atoms with Gasteiger partial charge in [-0.25, -0.2) is 0 Å². The van der Waals surface area contributed by atoms with Gasteiger partial charge in [0.1, 0.15) is 5.75 Å². The van der Waals surface area contributed by atoms with Crippen LogP contribution >= 0.6 is 0 Å². The summed E-state index contributed by atoms with van der Waals surface area (Å²) >= 11 is 0. The summed E-state index contributed by atoms with van der Waals surface area (Å²) in [5.74, 6) is 0.917. The van der Waals surface area contributed by atoms with Crippen LogP contribution in [0.2, 0.25) is 0 Å². The lowest BCUT2D eigenvalue weighted by molar-refractivity contribution is 0.291. The molecule has 0 fully saturated rings. The minimum absolute atomic E-state index is 0.371. The van der Waals surface area contributed by atoms with Gasteiger partial charge in [0.15, 0.2) is 0 Å². The van der Waals surface area contributed by atoms with Crippen LogP contribution < -0.4 is 10.1 Å². The predicted molar refractivity (Wildman–Crippen MR) is 87.3 cm³/mol. The average molecular weight is 277 g/mol. The van der Waals surface area contributed by atoms with E-state index in [1.165, 1.54) is 31.2 Å². The molecule has 2 heteroatoms. The van der Waals surface area contributed by atoms with Crippen LogP contribution in [0, 0.1) is 5.41 Å². The summed E-state index contributed by atoms with van der Waals surface area (Å²) in [6.45, 7) is 10.3. The zero-order valence-electron chi connectivity index (χ0n) is 13.8. The van der Waals surface area contributed by atoms with Crippen LogP contribution in [0.15, 0.2) is 24.3 Å². The van der Waals surface area contributed by atoms with E-state index in [0.29, 0.717) is 11.5 Å². The molecule has 0 saturated carbocycles. The molecule has 20 heavy (non-hydrogen) atoms. The average Bonchev–Trinajstić information content (AvgIpc) is 2.45. The summed E-state index contributed by atoms with van der Waals surface area (Å²) < 4.78 is 5.20. The lowest BCUT2D eigenvalue weighted by Gasteiger charge is -2.27. The molecular weight excluding hydrogens is 246 g/mol. The molecule has 0 amide bonds. The molecule has 0 heterocycles. The monoisotopic (exact) mass is 277 g/mol. The fourth-order valence-electron chi connectivity index (χ4n) is 2.38. The summed E-state index contributed by atoms with van der Waals surface area (Å²) in [4.78, 5) is 0. The van der Waals surface area contributed by atoms with Gasteiger partial charge in [-0.15, -0.1) is 0 Å². The van der Waals surface area contributed by atoms with Gasteiger partial charge < -0.3 is 10.1 Å². The Morgan fingerprint density at radius 3 is 2.35 bits per heavy atom. The first-order valence-corrected chi connectivity index (χ1v) is 7.86. The first kappa shape index (κ1) is 17.0. The highest BCUT2D eigenvalue weighted by Gasteiger charge is 2.18. The van der Waals surface area contributed by atoms with E-state index < -0.39 is 0 Å². The van der Waals surface area contributed by atoms with Crippen molar-refractivity contribution in [3.05, 3.63) is 29.8 Å². The molecule has 0 aromatic heterocycles.